The van der Waals surface area contributed by atoms with Crippen LogP contribution in [0.25, 0.3) is 0 Å². The minimum atomic E-state index is -0.970. The fourth-order valence-electron chi connectivity index (χ4n) is 1.83. The Labute approximate surface area is 118 Å². The van der Waals surface area contributed by atoms with Gasteiger partial charge in [-0.25, -0.2) is 4.39 Å². The van der Waals surface area contributed by atoms with Crippen LogP contribution in [-0.2, 0) is 4.79 Å². The van der Waals surface area contributed by atoms with Crippen molar-refractivity contribution in [3.05, 3.63) is 35.1 Å². The Kier molecular flexibility index (Phi) is 4.87. The van der Waals surface area contributed by atoms with Crippen molar-refractivity contribution in [2.45, 2.75) is 39.7 Å². The Bertz CT molecular complexity index is 520. The van der Waals surface area contributed by atoms with Crippen LogP contribution >= 0.6 is 0 Å². The van der Waals surface area contributed by atoms with E-state index in [4.69, 9.17) is 5.11 Å². The van der Waals surface area contributed by atoms with Crippen LogP contribution in [0.5, 0.6) is 0 Å². The van der Waals surface area contributed by atoms with Gasteiger partial charge in [-0.1, -0.05) is 6.07 Å². The smallest absolute Gasteiger partial charge is 0.305 e. The van der Waals surface area contributed by atoms with Crippen LogP contribution in [0.4, 0.5) is 4.39 Å². The lowest BCUT2D eigenvalue weighted by molar-refractivity contribution is -0.137. The maximum Gasteiger partial charge on any atom is 0.305 e. The zero-order valence-corrected chi connectivity index (χ0v) is 12.2. The highest BCUT2D eigenvalue weighted by Gasteiger charge is 2.28. The van der Waals surface area contributed by atoms with Crippen molar-refractivity contribution < 1.29 is 19.1 Å². The minimum absolute atomic E-state index is 0.0904. The summed E-state index contributed by atoms with van der Waals surface area (Å²) in [7, 11) is 0. The summed E-state index contributed by atoms with van der Waals surface area (Å²) in [6, 6.07) is 4.29. The summed E-state index contributed by atoms with van der Waals surface area (Å²) in [4.78, 5) is 24.6. The van der Waals surface area contributed by atoms with Crippen molar-refractivity contribution in [2.24, 2.45) is 0 Å². The van der Waals surface area contributed by atoms with Gasteiger partial charge < -0.3 is 10.0 Å². The van der Waals surface area contributed by atoms with E-state index in [9.17, 15) is 14.0 Å². The maximum atomic E-state index is 13.5. The van der Waals surface area contributed by atoms with Crippen molar-refractivity contribution >= 4 is 11.9 Å². The standard InChI is InChI=1S/C15H20FNO3/c1-10-5-6-11(9-12(10)16)14(20)17(15(2,3)4)8-7-13(18)19/h5-6,9H,7-8H2,1-4H3,(H,18,19). The van der Waals surface area contributed by atoms with E-state index >= 15 is 0 Å². The largest absolute Gasteiger partial charge is 0.481 e. The first-order valence-corrected chi connectivity index (χ1v) is 6.43. The van der Waals surface area contributed by atoms with E-state index in [1.165, 1.54) is 11.0 Å². The SMILES string of the molecule is Cc1ccc(C(=O)N(CCC(=O)O)C(C)(C)C)cc1F. The highest BCUT2D eigenvalue weighted by molar-refractivity contribution is 5.95. The zero-order chi connectivity index (χ0) is 15.5. The number of aliphatic carboxylic acids is 1. The first-order valence-electron chi connectivity index (χ1n) is 6.43. The number of nitrogens with zero attached hydrogens (tertiary/aromatic N) is 1. The first kappa shape index (κ1) is 16.1. The van der Waals surface area contributed by atoms with E-state index in [2.05, 4.69) is 0 Å². The number of halogens is 1. The van der Waals surface area contributed by atoms with Crippen molar-refractivity contribution in [3.63, 3.8) is 0 Å². The van der Waals surface area contributed by atoms with Gasteiger partial charge in [0.2, 0.25) is 0 Å². The average Bonchev–Trinajstić information content (AvgIpc) is 2.30. The maximum absolute atomic E-state index is 13.5. The van der Waals surface area contributed by atoms with Gasteiger partial charge in [0.05, 0.1) is 6.42 Å². The third-order valence-corrected chi connectivity index (χ3v) is 3.02. The molecular weight excluding hydrogens is 261 g/mol. The highest BCUT2D eigenvalue weighted by atomic mass is 19.1. The van der Waals surface area contributed by atoms with E-state index in [0.29, 0.717) is 5.56 Å². The van der Waals surface area contributed by atoms with Gasteiger partial charge >= 0.3 is 5.97 Å². The lowest BCUT2D eigenvalue weighted by Crippen LogP contribution is -2.46. The number of rotatable bonds is 4. The molecule has 0 saturated carbocycles. The molecule has 1 rings (SSSR count). The van der Waals surface area contributed by atoms with E-state index < -0.39 is 17.3 Å². The molecule has 1 aromatic carbocycles. The third kappa shape index (κ3) is 4.05. The van der Waals surface area contributed by atoms with Gasteiger partial charge in [0.15, 0.2) is 0 Å². The molecule has 0 radical (unpaired) electrons. The molecule has 20 heavy (non-hydrogen) atoms. The molecule has 0 aliphatic rings. The van der Waals surface area contributed by atoms with Crippen LogP contribution < -0.4 is 0 Å². The molecule has 0 atom stereocenters. The predicted octanol–water partition coefficient (Wildman–Crippen LogP) is 2.85. The molecule has 0 saturated heterocycles. The number of carboxylic acids is 1. The normalized spacial score (nSPS) is 11.2. The van der Waals surface area contributed by atoms with Gasteiger partial charge in [-0.15, -0.1) is 0 Å². The number of amides is 1. The number of hydrogen-bond donors (Lipinski definition) is 1. The van der Waals surface area contributed by atoms with Gasteiger partial charge in [-0.05, 0) is 45.4 Å². The number of carbonyl (C=O) groups is 2. The number of carbonyl (C=O) groups excluding carboxylic acids is 1. The van der Waals surface area contributed by atoms with Gasteiger partial charge in [0, 0.05) is 17.6 Å². The molecule has 0 spiro atoms. The van der Waals surface area contributed by atoms with Gasteiger partial charge in [0.25, 0.3) is 5.91 Å². The Balaban J connectivity index is 3.03. The lowest BCUT2D eigenvalue weighted by Gasteiger charge is -2.35. The molecule has 0 fully saturated rings. The van der Waals surface area contributed by atoms with Gasteiger partial charge in [-0.3, -0.25) is 9.59 Å². The Morgan fingerprint density at radius 3 is 2.35 bits per heavy atom. The molecule has 1 N–H and O–H groups in total. The van der Waals surface area contributed by atoms with Gasteiger partial charge in [0.1, 0.15) is 5.82 Å². The number of aryl methyl sites for hydroxylation is 1. The molecule has 4 nitrogen and oxygen atoms in total. The second kappa shape index (κ2) is 6.03. The molecule has 0 aliphatic carbocycles. The molecule has 0 bridgehead atoms. The summed E-state index contributed by atoms with van der Waals surface area (Å²) < 4.78 is 13.5. The predicted molar refractivity (Wildman–Crippen MR) is 74.2 cm³/mol. The van der Waals surface area contributed by atoms with Crippen LogP contribution in [-0.4, -0.2) is 34.0 Å². The number of carboxylic acid groups (broad SMARTS) is 1. The van der Waals surface area contributed by atoms with Crippen LogP contribution in [0.3, 0.4) is 0 Å². The molecule has 0 heterocycles. The monoisotopic (exact) mass is 281 g/mol. The molecular formula is C15H20FNO3. The average molecular weight is 281 g/mol. The summed E-state index contributed by atoms with van der Waals surface area (Å²) >= 11 is 0. The van der Waals surface area contributed by atoms with Crippen molar-refractivity contribution in [1.29, 1.82) is 0 Å². The summed E-state index contributed by atoms with van der Waals surface area (Å²) in [5, 5.41) is 8.76. The fourth-order valence-corrected chi connectivity index (χ4v) is 1.83. The second-order valence-corrected chi connectivity index (χ2v) is 5.74. The molecule has 0 aromatic heterocycles. The van der Waals surface area contributed by atoms with Crippen molar-refractivity contribution in [3.8, 4) is 0 Å². The van der Waals surface area contributed by atoms with Crippen LogP contribution in [0, 0.1) is 12.7 Å². The summed E-state index contributed by atoms with van der Waals surface area (Å²) in [5.41, 5.74) is 0.163. The Morgan fingerprint density at radius 1 is 1.30 bits per heavy atom. The Hall–Kier alpha value is -1.91. The molecule has 110 valence electrons. The second-order valence-electron chi connectivity index (χ2n) is 5.74. The molecule has 0 aliphatic heterocycles. The van der Waals surface area contributed by atoms with Crippen molar-refractivity contribution in [1.82, 2.24) is 4.90 Å². The summed E-state index contributed by atoms with van der Waals surface area (Å²) in [6.07, 6.45) is -0.142. The van der Waals surface area contributed by atoms with Crippen LogP contribution in [0.2, 0.25) is 0 Å². The fraction of sp³-hybridized carbons (Fsp3) is 0.467. The third-order valence-electron chi connectivity index (χ3n) is 3.02. The lowest BCUT2D eigenvalue weighted by atomic mass is 10.0. The van der Waals surface area contributed by atoms with E-state index in [0.717, 1.165) is 0 Å². The van der Waals surface area contributed by atoms with Crippen LogP contribution in [0.1, 0.15) is 43.1 Å². The highest BCUT2D eigenvalue weighted by Crippen LogP contribution is 2.19. The van der Waals surface area contributed by atoms with Crippen molar-refractivity contribution in [2.75, 3.05) is 6.54 Å². The molecule has 1 amide bonds. The zero-order valence-electron chi connectivity index (χ0n) is 12.2. The molecule has 5 heteroatoms. The minimum Gasteiger partial charge on any atom is -0.481 e. The van der Waals surface area contributed by atoms with Crippen LogP contribution in [0.15, 0.2) is 18.2 Å². The number of benzene rings is 1. The molecule has 0 unspecified atom stereocenters. The summed E-state index contributed by atoms with van der Waals surface area (Å²) in [5.74, 6) is -1.78. The molecule has 1 aromatic rings. The van der Waals surface area contributed by atoms with E-state index in [1.807, 2.05) is 20.8 Å². The van der Waals surface area contributed by atoms with E-state index in [-0.39, 0.29) is 24.4 Å². The first-order chi connectivity index (χ1) is 9.12. The topological polar surface area (TPSA) is 57.6 Å². The Morgan fingerprint density at radius 2 is 1.90 bits per heavy atom. The van der Waals surface area contributed by atoms with Gasteiger partial charge in [-0.2, -0.15) is 0 Å². The summed E-state index contributed by atoms with van der Waals surface area (Å²) in [6.45, 7) is 7.16. The van der Waals surface area contributed by atoms with E-state index in [1.54, 1.807) is 19.1 Å². The quantitative estimate of drug-likeness (QED) is 0.923. The number of hydrogen-bond acceptors (Lipinski definition) is 2.